The highest BCUT2D eigenvalue weighted by Gasteiger charge is 2.03. The molecule has 0 spiro atoms. The summed E-state index contributed by atoms with van der Waals surface area (Å²) in [5.74, 6) is 0.706. The van der Waals surface area contributed by atoms with Gasteiger partial charge in [-0.05, 0) is 18.2 Å². The molecule has 5 nitrogen and oxygen atoms in total. The van der Waals surface area contributed by atoms with Gasteiger partial charge in [-0.2, -0.15) is 0 Å². The maximum absolute atomic E-state index is 5.51. The Morgan fingerprint density at radius 3 is 2.32 bits per heavy atom. The maximum Gasteiger partial charge on any atom is 0.321 e. The molecule has 0 N–H and O–H groups in total. The van der Waals surface area contributed by atoms with Crippen molar-refractivity contribution >= 4 is 0 Å². The van der Waals surface area contributed by atoms with E-state index in [9.17, 15) is 0 Å². The molecular formula is C14H10N4O. The Balaban J connectivity index is 1.80. The van der Waals surface area contributed by atoms with Gasteiger partial charge in [0.2, 0.25) is 0 Å². The molecule has 2 heterocycles. The predicted molar refractivity (Wildman–Crippen MR) is 69.6 cm³/mol. The van der Waals surface area contributed by atoms with Gasteiger partial charge in [0.05, 0.1) is 5.69 Å². The van der Waals surface area contributed by atoms with E-state index in [4.69, 9.17) is 4.74 Å². The minimum Gasteiger partial charge on any atom is -0.424 e. The van der Waals surface area contributed by atoms with Crippen LogP contribution in [0.3, 0.4) is 0 Å². The van der Waals surface area contributed by atoms with Crippen molar-refractivity contribution < 1.29 is 4.74 Å². The van der Waals surface area contributed by atoms with Crippen LogP contribution < -0.4 is 4.74 Å². The van der Waals surface area contributed by atoms with Crippen LogP contribution in [0.15, 0.2) is 61.3 Å². The molecule has 0 bridgehead atoms. The van der Waals surface area contributed by atoms with E-state index < -0.39 is 0 Å². The van der Waals surface area contributed by atoms with Crippen molar-refractivity contribution in [1.29, 1.82) is 0 Å². The summed E-state index contributed by atoms with van der Waals surface area (Å²) < 4.78 is 5.51. The number of benzene rings is 1. The fraction of sp³-hybridized carbons (Fsp3) is 0. The topological polar surface area (TPSA) is 60.8 Å². The SMILES string of the molecule is c1ccc(Oc2ncc(-c3ccncn3)cn2)cc1. The van der Waals surface area contributed by atoms with Crippen LogP contribution >= 0.6 is 0 Å². The highest BCUT2D eigenvalue weighted by atomic mass is 16.5. The van der Waals surface area contributed by atoms with Crippen LogP contribution in [0.2, 0.25) is 0 Å². The van der Waals surface area contributed by atoms with E-state index >= 15 is 0 Å². The first-order valence-corrected chi connectivity index (χ1v) is 5.73. The number of nitrogens with zero attached hydrogens (tertiary/aromatic N) is 4. The second-order valence-electron chi connectivity index (χ2n) is 3.76. The lowest BCUT2D eigenvalue weighted by molar-refractivity contribution is 0.442. The van der Waals surface area contributed by atoms with Gasteiger partial charge < -0.3 is 4.74 Å². The quantitative estimate of drug-likeness (QED) is 0.715. The van der Waals surface area contributed by atoms with Gasteiger partial charge in [0.25, 0.3) is 0 Å². The van der Waals surface area contributed by atoms with Gasteiger partial charge in [-0.25, -0.2) is 19.9 Å². The maximum atomic E-state index is 5.51. The summed E-state index contributed by atoms with van der Waals surface area (Å²) in [5.41, 5.74) is 1.60. The van der Waals surface area contributed by atoms with Gasteiger partial charge in [-0.15, -0.1) is 0 Å². The van der Waals surface area contributed by atoms with Crippen molar-refractivity contribution in [3.8, 4) is 23.0 Å². The molecule has 92 valence electrons. The molecule has 0 fully saturated rings. The fourth-order valence-corrected chi connectivity index (χ4v) is 1.56. The van der Waals surface area contributed by atoms with Gasteiger partial charge in [-0.3, -0.25) is 0 Å². The fourth-order valence-electron chi connectivity index (χ4n) is 1.56. The first-order valence-electron chi connectivity index (χ1n) is 5.73. The van der Waals surface area contributed by atoms with Gasteiger partial charge in [0.1, 0.15) is 12.1 Å². The van der Waals surface area contributed by atoms with Crippen molar-refractivity contribution in [3.05, 3.63) is 61.3 Å². The summed E-state index contributed by atoms with van der Waals surface area (Å²) in [6, 6.07) is 11.5. The van der Waals surface area contributed by atoms with E-state index in [1.165, 1.54) is 6.33 Å². The lowest BCUT2D eigenvalue weighted by atomic mass is 10.2. The standard InChI is InChI=1S/C14H10N4O/c1-2-4-12(5-3-1)19-14-16-8-11(9-17-14)13-6-7-15-10-18-13/h1-10H. The number of hydrogen-bond donors (Lipinski definition) is 0. The lowest BCUT2D eigenvalue weighted by Gasteiger charge is -2.03. The zero-order chi connectivity index (χ0) is 12.9. The highest BCUT2D eigenvalue weighted by molar-refractivity contribution is 5.55. The Morgan fingerprint density at radius 1 is 0.842 bits per heavy atom. The van der Waals surface area contributed by atoms with E-state index in [-0.39, 0.29) is 0 Å². The van der Waals surface area contributed by atoms with E-state index in [2.05, 4.69) is 19.9 Å². The summed E-state index contributed by atoms with van der Waals surface area (Å²) in [4.78, 5) is 16.3. The van der Waals surface area contributed by atoms with Crippen LogP contribution in [0.5, 0.6) is 11.8 Å². The summed E-state index contributed by atoms with van der Waals surface area (Å²) in [6.07, 6.45) is 6.52. The molecule has 0 aliphatic carbocycles. The van der Waals surface area contributed by atoms with Crippen LogP contribution in [0, 0.1) is 0 Å². The number of hydrogen-bond acceptors (Lipinski definition) is 5. The van der Waals surface area contributed by atoms with Gasteiger partial charge in [0, 0.05) is 24.2 Å². The van der Waals surface area contributed by atoms with Gasteiger partial charge in [0.15, 0.2) is 0 Å². The first-order chi connectivity index (χ1) is 9.42. The van der Waals surface area contributed by atoms with Crippen molar-refractivity contribution in [1.82, 2.24) is 19.9 Å². The van der Waals surface area contributed by atoms with Crippen LogP contribution in [0.4, 0.5) is 0 Å². The molecule has 0 aliphatic rings. The minimum absolute atomic E-state index is 0.309. The molecule has 3 rings (SSSR count). The third kappa shape index (κ3) is 2.71. The van der Waals surface area contributed by atoms with Crippen LogP contribution in [-0.2, 0) is 0 Å². The molecule has 0 aliphatic heterocycles. The number of ether oxygens (including phenoxy) is 1. The molecule has 0 atom stereocenters. The lowest BCUT2D eigenvalue weighted by Crippen LogP contribution is -1.92. The van der Waals surface area contributed by atoms with E-state index in [0.717, 1.165) is 11.3 Å². The molecule has 0 radical (unpaired) electrons. The molecule has 1 aromatic carbocycles. The number of para-hydroxylation sites is 1. The predicted octanol–water partition coefficient (Wildman–Crippen LogP) is 2.73. The Bertz CT molecular complexity index is 641. The Morgan fingerprint density at radius 2 is 1.63 bits per heavy atom. The normalized spacial score (nSPS) is 10.1. The molecule has 3 aromatic rings. The summed E-state index contributed by atoms with van der Waals surface area (Å²) in [5, 5.41) is 0. The van der Waals surface area contributed by atoms with Crippen molar-refractivity contribution in [2.45, 2.75) is 0 Å². The van der Waals surface area contributed by atoms with Crippen molar-refractivity contribution in [3.63, 3.8) is 0 Å². The Labute approximate surface area is 110 Å². The van der Waals surface area contributed by atoms with E-state index in [0.29, 0.717) is 11.8 Å². The largest absolute Gasteiger partial charge is 0.424 e. The highest BCUT2D eigenvalue weighted by Crippen LogP contribution is 2.19. The second kappa shape index (κ2) is 5.22. The van der Waals surface area contributed by atoms with Crippen LogP contribution in [-0.4, -0.2) is 19.9 Å². The molecule has 2 aromatic heterocycles. The average molecular weight is 250 g/mol. The van der Waals surface area contributed by atoms with E-state index in [1.54, 1.807) is 24.7 Å². The Kier molecular flexibility index (Phi) is 3.10. The monoisotopic (exact) mass is 250 g/mol. The molecule has 0 saturated heterocycles. The van der Waals surface area contributed by atoms with Gasteiger partial charge in [-0.1, -0.05) is 18.2 Å². The van der Waals surface area contributed by atoms with Crippen molar-refractivity contribution in [2.24, 2.45) is 0 Å². The smallest absolute Gasteiger partial charge is 0.321 e. The summed E-state index contributed by atoms with van der Waals surface area (Å²) >= 11 is 0. The molecule has 19 heavy (non-hydrogen) atoms. The zero-order valence-electron chi connectivity index (χ0n) is 9.97. The number of rotatable bonds is 3. The third-order valence-corrected chi connectivity index (χ3v) is 2.46. The van der Waals surface area contributed by atoms with Gasteiger partial charge >= 0.3 is 6.01 Å². The zero-order valence-corrected chi connectivity index (χ0v) is 9.97. The Hall–Kier alpha value is -2.82. The molecule has 5 heteroatoms. The molecule has 0 unspecified atom stereocenters. The first kappa shape index (κ1) is 11.3. The molecule has 0 amide bonds. The van der Waals surface area contributed by atoms with Crippen molar-refractivity contribution in [2.75, 3.05) is 0 Å². The molecular weight excluding hydrogens is 240 g/mol. The van der Waals surface area contributed by atoms with Crippen LogP contribution in [0.1, 0.15) is 0 Å². The second-order valence-corrected chi connectivity index (χ2v) is 3.76. The van der Waals surface area contributed by atoms with Crippen LogP contribution in [0.25, 0.3) is 11.3 Å². The molecule has 0 saturated carbocycles. The van der Waals surface area contributed by atoms with E-state index in [1.807, 2.05) is 30.3 Å². The third-order valence-electron chi connectivity index (χ3n) is 2.46. The average Bonchev–Trinajstić information content (AvgIpc) is 2.50. The minimum atomic E-state index is 0.309. The summed E-state index contributed by atoms with van der Waals surface area (Å²) in [6.45, 7) is 0. The number of aromatic nitrogens is 4. The summed E-state index contributed by atoms with van der Waals surface area (Å²) in [7, 11) is 0.